The highest BCUT2D eigenvalue weighted by Crippen LogP contribution is 2.55. The van der Waals surface area contributed by atoms with Crippen molar-refractivity contribution in [3.63, 3.8) is 0 Å². The molecule has 0 N–H and O–H groups in total. The predicted molar refractivity (Wildman–Crippen MR) is 56.4 cm³/mol. The lowest BCUT2D eigenvalue weighted by molar-refractivity contribution is -0.173. The van der Waals surface area contributed by atoms with Crippen LogP contribution in [0, 0.1) is 17.8 Å². The molecule has 0 aromatic heterocycles. The van der Waals surface area contributed by atoms with Crippen molar-refractivity contribution in [3.05, 3.63) is 0 Å². The van der Waals surface area contributed by atoms with Crippen molar-refractivity contribution in [3.8, 4) is 0 Å². The van der Waals surface area contributed by atoms with E-state index < -0.39 is 37.2 Å². The molecule has 1 heterocycles. The summed E-state index contributed by atoms with van der Waals surface area (Å²) in [6.07, 6.45) is -2.90. The average molecular weight is 290 g/mol. The van der Waals surface area contributed by atoms with E-state index in [1.54, 1.807) is 0 Å². The summed E-state index contributed by atoms with van der Waals surface area (Å²) >= 11 is 0. The van der Waals surface area contributed by atoms with E-state index in [4.69, 9.17) is 9.47 Å². The standard InChI is InChI=1S/C12H12F2O6/c13-10(14)12(17)18-3-7(15)19-8-4-1-5-6(2-4)11(16)20-9(5)8/h4-6,8-10H,1-3H2. The van der Waals surface area contributed by atoms with Gasteiger partial charge in [0, 0.05) is 11.8 Å². The van der Waals surface area contributed by atoms with E-state index in [0.717, 1.165) is 6.42 Å². The summed E-state index contributed by atoms with van der Waals surface area (Å²) in [5.41, 5.74) is 0. The fourth-order valence-corrected chi connectivity index (χ4v) is 3.44. The van der Waals surface area contributed by atoms with Crippen LogP contribution in [0.1, 0.15) is 12.8 Å². The van der Waals surface area contributed by atoms with Crippen molar-refractivity contribution >= 4 is 17.9 Å². The number of halogens is 2. The molecule has 3 aliphatic rings. The molecule has 0 aromatic carbocycles. The third kappa shape index (κ3) is 2.03. The Hall–Kier alpha value is -1.73. The summed E-state index contributed by atoms with van der Waals surface area (Å²) in [5.74, 6) is -2.90. The number of alkyl halides is 2. The first-order chi connectivity index (χ1) is 9.47. The van der Waals surface area contributed by atoms with Gasteiger partial charge >= 0.3 is 24.3 Å². The second-order valence-corrected chi connectivity index (χ2v) is 5.27. The fraction of sp³-hybridized carbons (Fsp3) is 0.750. The van der Waals surface area contributed by atoms with Crippen LogP contribution in [0.25, 0.3) is 0 Å². The van der Waals surface area contributed by atoms with Crippen molar-refractivity contribution in [2.75, 3.05) is 6.61 Å². The quantitative estimate of drug-likeness (QED) is 0.547. The summed E-state index contributed by atoms with van der Waals surface area (Å²) in [5, 5.41) is 0. The Morgan fingerprint density at radius 3 is 2.80 bits per heavy atom. The minimum absolute atomic E-state index is 0.0520. The van der Waals surface area contributed by atoms with Gasteiger partial charge in [-0.25, -0.2) is 9.59 Å². The monoisotopic (exact) mass is 290 g/mol. The fourth-order valence-electron chi connectivity index (χ4n) is 3.44. The molecule has 3 rings (SSSR count). The van der Waals surface area contributed by atoms with Crippen LogP contribution >= 0.6 is 0 Å². The van der Waals surface area contributed by atoms with E-state index in [2.05, 4.69) is 4.74 Å². The van der Waals surface area contributed by atoms with Gasteiger partial charge in [-0.15, -0.1) is 0 Å². The van der Waals surface area contributed by atoms with Gasteiger partial charge in [0.1, 0.15) is 12.2 Å². The summed E-state index contributed by atoms with van der Waals surface area (Å²) in [6.45, 7) is -0.860. The highest BCUT2D eigenvalue weighted by Gasteiger charge is 2.63. The van der Waals surface area contributed by atoms with Crippen molar-refractivity contribution in [1.29, 1.82) is 0 Å². The third-order valence-electron chi connectivity index (χ3n) is 4.19. The summed E-state index contributed by atoms with van der Waals surface area (Å²) in [7, 11) is 0. The number of hydrogen-bond donors (Lipinski definition) is 0. The zero-order chi connectivity index (χ0) is 14.4. The molecule has 0 amide bonds. The molecule has 8 heteroatoms. The number of rotatable bonds is 4. The number of fused-ring (bicyclic) bond motifs is 1. The SMILES string of the molecule is O=C(COC(=O)C(F)F)OC1C2CC3C(=O)OC1C3C2. The van der Waals surface area contributed by atoms with E-state index in [0.29, 0.717) is 6.42 Å². The first-order valence-corrected chi connectivity index (χ1v) is 6.32. The molecule has 5 unspecified atom stereocenters. The molecule has 0 aromatic rings. The van der Waals surface area contributed by atoms with Crippen LogP contribution in [0.4, 0.5) is 8.78 Å². The minimum atomic E-state index is -3.28. The topological polar surface area (TPSA) is 78.9 Å². The second-order valence-electron chi connectivity index (χ2n) is 5.27. The molecule has 3 fully saturated rings. The van der Waals surface area contributed by atoms with E-state index >= 15 is 0 Å². The highest BCUT2D eigenvalue weighted by molar-refractivity contribution is 5.79. The minimum Gasteiger partial charge on any atom is -0.458 e. The molecule has 0 spiro atoms. The molecule has 2 bridgehead atoms. The van der Waals surface area contributed by atoms with Gasteiger partial charge in [0.2, 0.25) is 0 Å². The molecular formula is C12H12F2O6. The highest BCUT2D eigenvalue weighted by atomic mass is 19.3. The lowest BCUT2D eigenvalue weighted by atomic mass is 9.88. The Morgan fingerprint density at radius 2 is 2.10 bits per heavy atom. The van der Waals surface area contributed by atoms with Crippen LogP contribution in [0.2, 0.25) is 0 Å². The molecule has 1 saturated heterocycles. The zero-order valence-electron chi connectivity index (χ0n) is 10.3. The molecule has 20 heavy (non-hydrogen) atoms. The maximum absolute atomic E-state index is 11.9. The Kier molecular flexibility index (Phi) is 3.10. The van der Waals surface area contributed by atoms with Crippen LogP contribution in [-0.2, 0) is 28.6 Å². The van der Waals surface area contributed by atoms with Crippen molar-refractivity contribution in [2.24, 2.45) is 17.8 Å². The maximum Gasteiger partial charge on any atom is 0.374 e. The van der Waals surface area contributed by atoms with Gasteiger partial charge in [-0.05, 0) is 12.8 Å². The maximum atomic E-state index is 11.9. The lowest BCUT2D eigenvalue weighted by Gasteiger charge is -2.25. The zero-order valence-corrected chi connectivity index (χ0v) is 10.3. The van der Waals surface area contributed by atoms with E-state index in [-0.39, 0.29) is 23.7 Å². The van der Waals surface area contributed by atoms with Crippen LogP contribution < -0.4 is 0 Å². The first kappa shape index (κ1) is 13.3. The van der Waals surface area contributed by atoms with E-state index in [1.165, 1.54) is 0 Å². The van der Waals surface area contributed by atoms with Gasteiger partial charge in [-0.1, -0.05) is 0 Å². The van der Waals surface area contributed by atoms with Crippen molar-refractivity contribution in [2.45, 2.75) is 31.5 Å². The molecular weight excluding hydrogens is 278 g/mol. The van der Waals surface area contributed by atoms with Gasteiger partial charge in [0.25, 0.3) is 0 Å². The molecule has 6 nitrogen and oxygen atoms in total. The summed E-state index contributed by atoms with van der Waals surface area (Å²) < 4.78 is 38.1. The Morgan fingerprint density at radius 1 is 1.35 bits per heavy atom. The number of hydrogen-bond acceptors (Lipinski definition) is 6. The molecule has 2 saturated carbocycles. The Bertz CT molecular complexity index is 465. The molecule has 1 aliphatic heterocycles. The van der Waals surface area contributed by atoms with Gasteiger partial charge in [0.05, 0.1) is 5.92 Å². The molecule has 0 radical (unpaired) electrons. The average Bonchev–Trinajstić information content (AvgIpc) is 3.00. The normalized spacial score (nSPS) is 37.1. The first-order valence-electron chi connectivity index (χ1n) is 6.32. The van der Waals surface area contributed by atoms with Gasteiger partial charge < -0.3 is 14.2 Å². The van der Waals surface area contributed by atoms with Gasteiger partial charge in [0.15, 0.2) is 6.61 Å². The molecule has 110 valence electrons. The number of ether oxygens (including phenoxy) is 3. The molecule has 2 aliphatic carbocycles. The van der Waals surface area contributed by atoms with Crippen molar-refractivity contribution in [1.82, 2.24) is 0 Å². The molecule has 5 atom stereocenters. The second kappa shape index (κ2) is 4.68. The largest absolute Gasteiger partial charge is 0.458 e. The summed E-state index contributed by atoms with van der Waals surface area (Å²) in [4.78, 5) is 33.5. The summed E-state index contributed by atoms with van der Waals surface area (Å²) in [6, 6.07) is 0. The van der Waals surface area contributed by atoms with E-state index in [1.807, 2.05) is 0 Å². The van der Waals surface area contributed by atoms with Crippen LogP contribution in [0.3, 0.4) is 0 Å². The number of esters is 3. The van der Waals surface area contributed by atoms with Gasteiger partial charge in [-0.2, -0.15) is 8.78 Å². The predicted octanol–water partition coefficient (Wildman–Crippen LogP) is 0.288. The van der Waals surface area contributed by atoms with Crippen LogP contribution in [0.5, 0.6) is 0 Å². The lowest BCUT2D eigenvalue weighted by Crippen LogP contribution is -2.37. The van der Waals surface area contributed by atoms with Crippen molar-refractivity contribution < 1.29 is 37.4 Å². The third-order valence-corrected chi connectivity index (χ3v) is 4.19. The Balaban J connectivity index is 1.53. The van der Waals surface area contributed by atoms with Crippen LogP contribution in [-0.4, -0.2) is 43.1 Å². The van der Waals surface area contributed by atoms with E-state index in [9.17, 15) is 23.2 Å². The number of carbonyl (C=O) groups is 3. The Labute approximate surface area is 112 Å². The van der Waals surface area contributed by atoms with Gasteiger partial charge in [-0.3, -0.25) is 4.79 Å². The number of carbonyl (C=O) groups excluding carboxylic acids is 3. The van der Waals surface area contributed by atoms with Crippen LogP contribution in [0.15, 0.2) is 0 Å². The smallest absolute Gasteiger partial charge is 0.374 e.